The standard InChI is InChI=1S/C8H15NO5/c10-5-1-4-9-6(8(13)14)2-3-7(11)12/h6,9-10H,1-5H2,(H,11,12)(H,13,14)/t6-/m0/s1. The van der Waals surface area contributed by atoms with Crippen LogP contribution < -0.4 is 5.32 Å². The number of rotatable bonds is 8. The maximum atomic E-state index is 10.6. The molecule has 82 valence electrons. The van der Waals surface area contributed by atoms with Crippen LogP contribution in [0.4, 0.5) is 0 Å². The molecule has 0 aliphatic heterocycles. The second-order valence-electron chi connectivity index (χ2n) is 2.85. The summed E-state index contributed by atoms with van der Waals surface area (Å²) in [6.07, 6.45) is 0.329. The van der Waals surface area contributed by atoms with Crippen LogP contribution in [0, 0.1) is 0 Å². The Labute approximate surface area is 81.5 Å². The highest BCUT2D eigenvalue weighted by molar-refractivity contribution is 5.75. The highest BCUT2D eigenvalue weighted by Crippen LogP contribution is 1.97. The molecule has 6 nitrogen and oxygen atoms in total. The summed E-state index contributed by atoms with van der Waals surface area (Å²) in [5, 5.41) is 28.1. The Morgan fingerprint density at radius 1 is 1.29 bits per heavy atom. The van der Waals surface area contributed by atoms with Crippen molar-refractivity contribution in [1.29, 1.82) is 0 Å². The van der Waals surface area contributed by atoms with Gasteiger partial charge in [0, 0.05) is 13.0 Å². The highest BCUT2D eigenvalue weighted by Gasteiger charge is 2.17. The van der Waals surface area contributed by atoms with Crippen LogP contribution in [0.2, 0.25) is 0 Å². The van der Waals surface area contributed by atoms with E-state index in [1.54, 1.807) is 0 Å². The quantitative estimate of drug-likeness (QED) is 0.389. The molecule has 0 unspecified atom stereocenters. The van der Waals surface area contributed by atoms with Gasteiger partial charge in [0.1, 0.15) is 6.04 Å². The molecule has 0 aromatic rings. The van der Waals surface area contributed by atoms with Gasteiger partial charge >= 0.3 is 11.9 Å². The molecule has 0 saturated heterocycles. The summed E-state index contributed by atoms with van der Waals surface area (Å²) in [7, 11) is 0. The zero-order chi connectivity index (χ0) is 11.0. The Balaban J connectivity index is 3.78. The van der Waals surface area contributed by atoms with Gasteiger partial charge < -0.3 is 20.6 Å². The van der Waals surface area contributed by atoms with E-state index in [0.29, 0.717) is 13.0 Å². The van der Waals surface area contributed by atoms with E-state index < -0.39 is 18.0 Å². The van der Waals surface area contributed by atoms with Gasteiger partial charge in [-0.3, -0.25) is 9.59 Å². The lowest BCUT2D eigenvalue weighted by molar-refractivity contribution is -0.140. The summed E-state index contributed by atoms with van der Waals surface area (Å²) in [6.45, 7) is 0.353. The third-order valence-electron chi connectivity index (χ3n) is 1.67. The zero-order valence-electron chi connectivity index (χ0n) is 7.77. The first-order valence-corrected chi connectivity index (χ1v) is 4.36. The summed E-state index contributed by atoms with van der Waals surface area (Å²) in [4.78, 5) is 20.8. The van der Waals surface area contributed by atoms with Crippen LogP contribution in [0.15, 0.2) is 0 Å². The predicted molar refractivity (Wildman–Crippen MR) is 48.0 cm³/mol. The fourth-order valence-corrected chi connectivity index (χ4v) is 0.936. The lowest BCUT2D eigenvalue weighted by Crippen LogP contribution is -2.37. The molecule has 4 N–H and O–H groups in total. The minimum Gasteiger partial charge on any atom is -0.481 e. The van der Waals surface area contributed by atoms with Crippen molar-refractivity contribution in [2.75, 3.05) is 13.2 Å². The number of carboxylic acid groups (broad SMARTS) is 2. The molecule has 0 rings (SSSR count). The van der Waals surface area contributed by atoms with Crippen molar-refractivity contribution in [3.05, 3.63) is 0 Å². The van der Waals surface area contributed by atoms with Crippen molar-refractivity contribution in [2.45, 2.75) is 25.3 Å². The molecule has 0 spiro atoms. The molecule has 0 fully saturated rings. The highest BCUT2D eigenvalue weighted by atomic mass is 16.4. The number of aliphatic hydroxyl groups excluding tert-OH is 1. The molecule has 0 amide bonds. The lowest BCUT2D eigenvalue weighted by Gasteiger charge is -2.12. The van der Waals surface area contributed by atoms with E-state index in [4.69, 9.17) is 15.3 Å². The summed E-state index contributed by atoms with van der Waals surface area (Å²) < 4.78 is 0. The molecule has 0 saturated carbocycles. The minimum atomic E-state index is -1.07. The fourth-order valence-electron chi connectivity index (χ4n) is 0.936. The first-order chi connectivity index (χ1) is 6.57. The molecular formula is C8H15NO5. The van der Waals surface area contributed by atoms with Crippen molar-refractivity contribution >= 4 is 11.9 Å². The predicted octanol–water partition coefficient (Wildman–Crippen LogP) is -0.724. The van der Waals surface area contributed by atoms with Gasteiger partial charge in [-0.25, -0.2) is 0 Å². The fraction of sp³-hybridized carbons (Fsp3) is 0.750. The molecule has 6 heteroatoms. The molecular weight excluding hydrogens is 190 g/mol. The maximum absolute atomic E-state index is 10.6. The number of carbonyl (C=O) groups is 2. The van der Waals surface area contributed by atoms with Crippen molar-refractivity contribution in [1.82, 2.24) is 5.32 Å². The van der Waals surface area contributed by atoms with E-state index in [9.17, 15) is 9.59 Å². The smallest absolute Gasteiger partial charge is 0.320 e. The van der Waals surface area contributed by atoms with E-state index in [2.05, 4.69) is 5.32 Å². The molecule has 0 heterocycles. The number of hydrogen-bond acceptors (Lipinski definition) is 4. The Kier molecular flexibility index (Phi) is 6.69. The summed E-state index contributed by atoms with van der Waals surface area (Å²) >= 11 is 0. The average molecular weight is 205 g/mol. The Morgan fingerprint density at radius 2 is 1.93 bits per heavy atom. The van der Waals surface area contributed by atoms with Crippen molar-refractivity contribution < 1.29 is 24.9 Å². The normalized spacial score (nSPS) is 12.4. The van der Waals surface area contributed by atoms with Gasteiger partial charge in [-0.05, 0) is 19.4 Å². The third-order valence-corrected chi connectivity index (χ3v) is 1.67. The first-order valence-electron chi connectivity index (χ1n) is 4.36. The van der Waals surface area contributed by atoms with E-state index in [1.807, 2.05) is 0 Å². The third kappa shape index (κ3) is 6.38. The van der Waals surface area contributed by atoms with Crippen LogP contribution in [-0.2, 0) is 9.59 Å². The van der Waals surface area contributed by atoms with Crippen molar-refractivity contribution in [3.63, 3.8) is 0 Å². The van der Waals surface area contributed by atoms with Gasteiger partial charge in [-0.2, -0.15) is 0 Å². The van der Waals surface area contributed by atoms with E-state index in [0.717, 1.165) is 0 Å². The number of carboxylic acids is 2. The van der Waals surface area contributed by atoms with Crippen LogP contribution in [0.25, 0.3) is 0 Å². The molecule has 14 heavy (non-hydrogen) atoms. The Hall–Kier alpha value is -1.14. The Bertz CT molecular complexity index is 194. The first kappa shape index (κ1) is 12.9. The van der Waals surface area contributed by atoms with Gasteiger partial charge in [0.05, 0.1) is 0 Å². The monoisotopic (exact) mass is 205 g/mol. The molecule has 1 atom stereocenters. The zero-order valence-corrected chi connectivity index (χ0v) is 7.77. The minimum absolute atomic E-state index is 0.0156. The van der Waals surface area contributed by atoms with Crippen LogP contribution in [0.3, 0.4) is 0 Å². The second kappa shape index (κ2) is 7.28. The summed E-state index contributed by atoms with van der Waals surface area (Å²) in [5.74, 6) is -2.08. The van der Waals surface area contributed by atoms with Crippen molar-refractivity contribution in [3.8, 4) is 0 Å². The van der Waals surface area contributed by atoms with Crippen LogP contribution >= 0.6 is 0 Å². The SMILES string of the molecule is O=C(O)CC[C@H](NCCCO)C(=O)O. The van der Waals surface area contributed by atoms with Gasteiger partial charge in [0.25, 0.3) is 0 Å². The summed E-state index contributed by atoms with van der Waals surface area (Å²) in [6, 6.07) is -0.849. The maximum Gasteiger partial charge on any atom is 0.320 e. The van der Waals surface area contributed by atoms with E-state index in [-0.39, 0.29) is 19.4 Å². The van der Waals surface area contributed by atoms with Gasteiger partial charge in [-0.1, -0.05) is 0 Å². The lowest BCUT2D eigenvalue weighted by atomic mass is 10.1. The summed E-state index contributed by atoms with van der Waals surface area (Å²) in [5.41, 5.74) is 0. The van der Waals surface area contributed by atoms with Crippen LogP contribution in [-0.4, -0.2) is 46.5 Å². The molecule has 0 aliphatic rings. The second-order valence-corrected chi connectivity index (χ2v) is 2.85. The molecule has 0 bridgehead atoms. The van der Waals surface area contributed by atoms with Crippen LogP contribution in [0.5, 0.6) is 0 Å². The topological polar surface area (TPSA) is 107 Å². The molecule has 0 aromatic heterocycles. The number of nitrogens with one attached hydrogen (secondary N) is 1. The van der Waals surface area contributed by atoms with Crippen LogP contribution in [0.1, 0.15) is 19.3 Å². The van der Waals surface area contributed by atoms with E-state index in [1.165, 1.54) is 0 Å². The average Bonchev–Trinajstić information content (AvgIpc) is 2.10. The molecule has 0 aliphatic carbocycles. The molecule has 0 aromatic carbocycles. The number of hydrogen-bond donors (Lipinski definition) is 4. The van der Waals surface area contributed by atoms with Crippen molar-refractivity contribution in [2.24, 2.45) is 0 Å². The number of aliphatic hydroxyl groups is 1. The largest absolute Gasteiger partial charge is 0.481 e. The van der Waals surface area contributed by atoms with Gasteiger partial charge in [0.15, 0.2) is 0 Å². The van der Waals surface area contributed by atoms with E-state index >= 15 is 0 Å². The molecule has 0 radical (unpaired) electrons. The Morgan fingerprint density at radius 3 is 2.36 bits per heavy atom. The number of aliphatic carboxylic acids is 2. The van der Waals surface area contributed by atoms with Gasteiger partial charge in [0.2, 0.25) is 0 Å². The van der Waals surface area contributed by atoms with Gasteiger partial charge in [-0.15, -0.1) is 0 Å².